The highest BCUT2D eigenvalue weighted by atomic mass is 35.5. The highest BCUT2D eigenvalue weighted by Crippen LogP contribution is 2.36. The molecule has 0 saturated heterocycles. The zero-order valence-electron chi connectivity index (χ0n) is 21.1. The molecule has 1 aliphatic carbocycles. The SMILES string of the molecule is CCc1cccc(-c2c(Cl)cccc2C(CCCOC)NC(=O)CN(C)C(=O)[C@@H]2CC[C@H](N)C2)c1. The van der Waals surface area contributed by atoms with E-state index in [0.717, 1.165) is 42.4 Å². The Balaban J connectivity index is 1.82. The van der Waals surface area contributed by atoms with Crippen LogP contribution < -0.4 is 11.1 Å². The summed E-state index contributed by atoms with van der Waals surface area (Å²) in [4.78, 5) is 27.4. The van der Waals surface area contributed by atoms with Crippen LogP contribution in [0.4, 0.5) is 0 Å². The molecule has 7 heteroatoms. The number of likely N-dealkylation sites (N-methyl/N-ethyl adjacent to an activating group) is 1. The molecule has 0 heterocycles. The molecule has 1 unspecified atom stereocenters. The molecule has 0 aliphatic heterocycles. The number of carbonyl (C=O) groups excluding carboxylic acids is 2. The molecule has 0 aromatic heterocycles. The zero-order valence-corrected chi connectivity index (χ0v) is 21.8. The third-order valence-corrected chi connectivity index (χ3v) is 7.12. The first kappa shape index (κ1) is 27.2. The van der Waals surface area contributed by atoms with E-state index in [1.54, 1.807) is 14.2 Å². The summed E-state index contributed by atoms with van der Waals surface area (Å²) in [6.45, 7) is 2.72. The van der Waals surface area contributed by atoms with Crippen molar-refractivity contribution >= 4 is 23.4 Å². The van der Waals surface area contributed by atoms with E-state index in [9.17, 15) is 9.59 Å². The van der Waals surface area contributed by atoms with E-state index in [1.165, 1.54) is 10.5 Å². The normalized spacial score (nSPS) is 18.3. The second-order valence-electron chi connectivity index (χ2n) is 9.48. The van der Waals surface area contributed by atoms with Crippen molar-refractivity contribution in [2.75, 3.05) is 27.3 Å². The Morgan fingerprint density at radius 3 is 2.69 bits per heavy atom. The molecule has 3 N–H and O–H groups in total. The van der Waals surface area contributed by atoms with E-state index in [0.29, 0.717) is 24.5 Å². The maximum absolute atomic E-state index is 13.1. The molecule has 3 rings (SSSR count). The third-order valence-electron chi connectivity index (χ3n) is 6.80. The molecule has 6 nitrogen and oxygen atoms in total. The van der Waals surface area contributed by atoms with Crippen LogP contribution >= 0.6 is 11.6 Å². The Hall–Kier alpha value is -2.41. The summed E-state index contributed by atoms with van der Waals surface area (Å²) in [7, 11) is 3.36. The fourth-order valence-electron chi connectivity index (χ4n) is 4.91. The van der Waals surface area contributed by atoms with Gasteiger partial charge in [-0.05, 0) is 61.3 Å². The van der Waals surface area contributed by atoms with E-state index in [2.05, 4.69) is 30.4 Å². The largest absolute Gasteiger partial charge is 0.385 e. The number of methoxy groups -OCH3 is 1. The summed E-state index contributed by atoms with van der Waals surface area (Å²) in [5, 5.41) is 3.82. The number of nitrogens with two attached hydrogens (primary N) is 1. The number of amides is 2. The number of carbonyl (C=O) groups is 2. The number of benzene rings is 2. The van der Waals surface area contributed by atoms with Crippen LogP contribution in [-0.4, -0.2) is 50.1 Å². The number of hydrogen-bond acceptors (Lipinski definition) is 4. The lowest BCUT2D eigenvalue weighted by Gasteiger charge is -2.25. The predicted octanol–water partition coefficient (Wildman–Crippen LogP) is 4.74. The quantitative estimate of drug-likeness (QED) is 0.437. The van der Waals surface area contributed by atoms with E-state index >= 15 is 0 Å². The van der Waals surface area contributed by atoms with Crippen LogP contribution in [0.25, 0.3) is 11.1 Å². The van der Waals surface area contributed by atoms with Gasteiger partial charge in [-0.25, -0.2) is 0 Å². The number of nitrogens with zero attached hydrogens (tertiary/aromatic N) is 1. The highest BCUT2D eigenvalue weighted by Gasteiger charge is 2.30. The number of hydrogen-bond donors (Lipinski definition) is 2. The van der Waals surface area contributed by atoms with E-state index in [-0.39, 0.29) is 36.4 Å². The summed E-state index contributed by atoms with van der Waals surface area (Å²) in [6, 6.07) is 14.0. The van der Waals surface area contributed by atoms with Gasteiger partial charge in [0.25, 0.3) is 0 Å². The number of ether oxygens (including phenoxy) is 1. The minimum absolute atomic E-state index is 0.00652. The zero-order chi connectivity index (χ0) is 25.4. The van der Waals surface area contributed by atoms with Crippen molar-refractivity contribution in [3.05, 3.63) is 58.6 Å². The van der Waals surface area contributed by atoms with Gasteiger partial charge in [0.1, 0.15) is 0 Å². The van der Waals surface area contributed by atoms with Gasteiger partial charge in [-0.1, -0.05) is 54.9 Å². The van der Waals surface area contributed by atoms with Gasteiger partial charge in [0, 0.05) is 43.3 Å². The van der Waals surface area contributed by atoms with Gasteiger partial charge in [-0.3, -0.25) is 9.59 Å². The Morgan fingerprint density at radius 1 is 1.23 bits per heavy atom. The molecule has 2 aromatic carbocycles. The fourth-order valence-corrected chi connectivity index (χ4v) is 5.20. The summed E-state index contributed by atoms with van der Waals surface area (Å²) < 4.78 is 5.26. The molecule has 0 bridgehead atoms. The first-order valence-electron chi connectivity index (χ1n) is 12.5. The van der Waals surface area contributed by atoms with Gasteiger partial charge >= 0.3 is 0 Å². The van der Waals surface area contributed by atoms with Crippen LogP contribution in [0.1, 0.15) is 56.2 Å². The number of halogens is 1. The van der Waals surface area contributed by atoms with Crippen molar-refractivity contribution in [3.8, 4) is 11.1 Å². The monoisotopic (exact) mass is 499 g/mol. The lowest BCUT2D eigenvalue weighted by molar-refractivity contribution is -0.138. The average Bonchev–Trinajstić information content (AvgIpc) is 3.29. The van der Waals surface area contributed by atoms with Crippen molar-refractivity contribution in [2.24, 2.45) is 11.7 Å². The fraction of sp³-hybridized carbons (Fsp3) is 0.500. The Labute approximate surface area is 214 Å². The lowest BCUT2D eigenvalue weighted by atomic mass is 9.91. The van der Waals surface area contributed by atoms with Crippen molar-refractivity contribution < 1.29 is 14.3 Å². The standard InChI is InChI=1S/C28H38ClN3O3/c1-4-19-8-5-9-20(16-19)27-23(10-6-11-24(27)29)25(12-7-15-35-3)31-26(33)18-32(2)28(34)21-13-14-22(30)17-21/h5-6,8-11,16,21-22,25H,4,7,12-15,17-18,30H2,1-3H3,(H,31,33)/t21-,22+,25?/m1/s1. The molecular formula is C28H38ClN3O3. The van der Waals surface area contributed by atoms with Crippen LogP contribution in [0.5, 0.6) is 0 Å². The summed E-state index contributed by atoms with van der Waals surface area (Å²) >= 11 is 6.71. The summed E-state index contributed by atoms with van der Waals surface area (Å²) in [6.07, 6.45) is 4.72. The number of nitrogens with one attached hydrogen (secondary N) is 1. The molecule has 35 heavy (non-hydrogen) atoms. The second kappa shape index (κ2) is 13.1. The van der Waals surface area contributed by atoms with Crippen molar-refractivity contribution in [3.63, 3.8) is 0 Å². The van der Waals surface area contributed by atoms with Gasteiger partial charge in [0.2, 0.25) is 11.8 Å². The van der Waals surface area contributed by atoms with Crippen LogP contribution in [0.3, 0.4) is 0 Å². The first-order chi connectivity index (χ1) is 16.8. The molecule has 1 fully saturated rings. The Bertz CT molecular complexity index is 1010. The average molecular weight is 500 g/mol. The van der Waals surface area contributed by atoms with E-state index < -0.39 is 0 Å². The highest BCUT2D eigenvalue weighted by molar-refractivity contribution is 6.33. The second-order valence-corrected chi connectivity index (χ2v) is 9.88. The van der Waals surface area contributed by atoms with Crippen LogP contribution in [0.2, 0.25) is 5.02 Å². The minimum Gasteiger partial charge on any atom is -0.385 e. The molecule has 2 amide bonds. The van der Waals surface area contributed by atoms with Crippen molar-refractivity contribution in [2.45, 2.75) is 57.5 Å². The maximum Gasteiger partial charge on any atom is 0.240 e. The van der Waals surface area contributed by atoms with Crippen LogP contribution in [0.15, 0.2) is 42.5 Å². The molecule has 190 valence electrons. The predicted molar refractivity (Wildman–Crippen MR) is 141 cm³/mol. The summed E-state index contributed by atoms with van der Waals surface area (Å²) in [5.74, 6) is -0.298. The first-order valence-corrected chi connectivity index (χ1v) is 12.9. The third kappa shape index (κ3) is 7.29. The lowest BCUT2D eigenvalue weighted by Crippen LogP contribution is -2.42. The molecule has 3 atom stereocenters. The number of rotatable bonds is 11. The van der Waals surface area contributed by atoms with Crippen molar-refractivity contribution in [1.82, 2.24) is 10.2 Å². The Kier molecular flexibility index (Phi) is 10.1. The molecule has 2 aromatic rings. The van der Waals surface area contributed by atoms with E-state index in [4.69, 9.17) is 22.1 Å². The van der Waals surface area contributed by atoms with Crippen LogP contribution in [0, 0.1) is 5.92 Å². The Morgan fingerprint density at radius 2 is 2.00 bits per heavy atom. The molecule has 1 saturated carbocycles. The molecular weight excluding hydrogens is 462 g/mol. The van der Waals surface area contributed by atoms with Gasteiger partial charge in [0.05, 0.1) is 12.6 Å². The smallest absolute Gasteiger partial charge is 0.240 e. The minimum atomic E-state index is -0.264. The van der Waals surface area contributed by atoms with Gasteiger partial charge in [0.15, 0.2) is 0 Å². The van der Waals surface area contributed by atoms with Gasteiger partial charge in [-0.2, -0.15) is 0 Å². The maximum atomic E-state index is 13.1. The van der Waals surface area contributed by atoms with E-state index in [1.807, 2.05) is 24.3 Å². The van der Waals surface area contributed by atoms with Crippen LogP contribution in [-0.2, 0) is 20.7 Å². The number of aryl methyl sites for hydroxylation is 1. The topological polar surface area (TPSA) is 84.7 Å². The van der Waals surface area contributed by atoms with Crippen molar-refractivity contribution in [1.29, 1.82) is 0 Å². The van der Waals surface area contributed by atoms with Gasteiger partial charge < -0.3 is 20.7 Å². The summed E-state index contributed by atoms with van der Waals surface area (Å²) in [5.41, 5.74) is 10.1. The molecule has 0 spiro atoms. The molecule has 0 radical (unpaired) electrons. The van der Waals surface area contributed by atoms with Gasteiger partial charge in [-0.15, -0.1) is 0 Å². The molecule has 1 aliphatic rings.